The minimum absolute atomic E-state index is 0.0174. The number of terminal acetylenes is 1. The fraction of sp³-hybridized carbons (Fsp3) is 0.556. The van der Waals surface area contributed by atoms with Crippen molar-refractivity contribution in [3.63, 3.8) is 0 Å². The van der Waals surface area contributed by atoms with Gasteiger partial charge in [-0.25, -0.2) is 4.21 Å². The minimum Gasteiger partial charge on any atom is -0.442 e. The van der Waals surface area contributed by atoms with Gasteiger partial charge in [-0.2, -0.15) is 4.36 Å². The van der Waals surface area contributed by atoms with Crippen molar-refractivity contribution in [2.45, 2.75) is 18.4 Å². The quantitative estimate of drug-likeness (QED) is 0.707. The Bertz CT molecular complexity index is 876. The van der Waals surface area contributed by atoms with Crippen LogP contribution in [0, 0.1) is 12.3 Å². The zero-order valence-corrected chi connectivity index (χ0v) is 16.0. The number of carbonyl (C=O) groups is 2. The van der Waals surface area contributed by atoms with Crippen molar-refractivity contribution in [2.24, 2.45) is 4.36 Å². The van der Waals surface area contributed by atoms with E-state index in [1.165, 1.54) is 19.2 Å². The number of nitrogens with zero attached hydrogens (tertiary/aromatic N) is 2. The molecule has 0 N–H and O–H groups in total. The number of morpholine rings is 1. The lowest BCUT2D eigenvalue weighted by atomic mass is 9.94. The number of ether oxygens (including phenoxy) is 2. The monoisotopic (exact) mass is 394 g/mol. The van der Waals surface area contributed by atoms with Crippen LogP contribution in [0.2, 0.25) is 0 Å². The molecular formula is C18H22N2O6S. The molecule has 2 saturated heterocycles. The standard InChI is InChI=1S/C18H22N2O6S/c1-3-14-4-5-15(26-14)17(22)19-27(23)10-6-18(7-11-27)13-20(8-9-25-18)16(21)12-24-2/h1,4-5H,6-13H2,2H3. The SMILES string of the molecule is C#Cc1ccc(C(=O)N=S2(=O)CCC3(CC2)CN(C(=O)COC)CCO3)o1. The molecule has 2 amide bonds. The van der Waals surface area contributed by atoms with E-state index >= 15 is 0 Å². The van der Waals surface area contributed by atoms with E-state index in [1.54, 1.807) is 4.90 Å². The maximum absolute atomic E-state index is 13.0. The highest BCUT2D eigenvalue weighted by atomic mass is 32.2. The average Bonchev–Trinajstić information content (AvgIpc) is 3.15. The van der Waals surface area contributed by atoms with Gasteiger partial charge in [0.2, 0.25) is 5.91 Å². The summed E-state index contributed by atoms with van der Waals surface area (Å²) in [6.07, 6.45) is 6.14. The molecule has 3 heterocycles. The number of rotatable bonds is 3. The van der Waals surface area contributed by atoms with Gasteiger partial charge in [-0.05, 0) is 30.9 Å². The molecule has 146 valence electrons. The molecule has 0 aromatic carbocycles. The van der Waals surface area contributed by atoms with Crippen molar-refractivity contribution in [2.75, 3.05) is 44.9 Å². The van der Waals surface area contributed by atoms with Gasteiger partial charge in [0, 0.05) is 31.7 Å². The lowest BCUT2D eigenvalue weighted by Gasteiger charge is -2.45. The Kier molecular flexibility index (Phi) is 5.69. The fourth-order valence-electron chi connectivity index (χ4n) is 3.31. The molecule has 2 aliphatic heterocycles. The van der Waals surface area contributed by atoms with Crippen LogP contribution in [0.3, 0.4) is 0 Å². The summed E-state index contributed by atoms with van der Waals surface area (Å²) in [5.41, 5.74) is -0.539. The summed E-state index contributed by atoms with van der Waals surface area (Å²) in [4.78, 5) is 26.0. The minimum atomic E-state index is -2.70. The first kappa shape index (κ1) is 19.6. The molecule has 2 aliphatic rings. The van der Waals surface area contributed by atoms with Crippen LogP contribution < -0.4 is 0 Å². The predicted molar refractivity (Wildman–Crippen MR) is 97.7 cm³/mol. The van der Waals surface area contributed by atoms with Gasteiger partial charge < -0.3 is 18.8 Å². The second-order valence-corrected chi connectivity index (χ2v) is 9.21. The second kappa shape index (κ2) is 7.84. The van der Waals surface area contributed by atoms with Crippen LogP contribution in [0.15, 0.2) is 20.9 Å². The summed E-state index contributed by atoms with van der Waals surface area (Å²) in [6, 6.07) is 2.92. The first-order valence-corrected chi connectivity index (χ1v) is 10.5. The van der Waals surface area contributed by atoms with Crippen molar-refractivity contribution in [1.82, 2.24) is 4.90 Å². The van der Waals surface area contributed by atoms with Gasteiger partial charge in [-0.15, -0.1) is 6.42 Å². The summed E-state index contributed by atoms with van der Waals surface area (Å²) in [6.45, 7) is 1.40. The topological polar surface area (TPSA) is 98.4 Å². The van der Waals surface area contributed by atoms with Gasteiger partial charge >= 0.3 is 5.91 Å². The third kappa shape index (κ3) is 4.40. The molecule has 0 aliphatic carbocycles. The highest BCUT2D eigenvalue weighted by Crippen LogP contribution is 2.32. The zero-order valence-electron chi connectivity index (χ0n) is 15.1. The van der Waals surface area contributed by atoms with Gasteiger partial charge in [-0.1, -0.05) is 0 Å². The average molecular weight is 394 g/mol. The van der Waals surface area contributed by atoms with Gasteiger partial charge in [-0.3, -0.25) is 9.59 Å². The third-order valence-electron chi connectivity index (χ3n) is 4.83. The summed E-state index contributed by atoms with van der Waals surface area (Å²) >= 11 is 0. The number of hydrogen-bond donors (Lipinski definition) is 0. The van der Waals surface area contributed by atoms with E-state index in [0.717, 1.165) is 0 Å². The van der Waals surface area contributed by atoms with Crippen LogP contribution in [-0.4, -0.2) is 71.4 Å². The van der Waals surface area contributed by atoms with Crippen LogP contribution in [0.4, 0.5) is 0 Å². The molecule has 27 heavy (non-hydrogen) atoms. The number of methoxy groups -OCH3 is 1. The zero-order chi connectivity index (χ0) is 19.5. The maximum atomic E-state index is 13.0. The van der Waals surface area contributed by atoms with E-state index in [4.69, 9.17) is 20.3 Å². The Labute approximate surface area is 158 Å². The summed E-state index contributed by atoms with van der Waals surface area (Å²) < 4.78 is 32.9. The summed E-state index contributed by atoms with van der Waals surface area (Å²) in [5, 5.41) is 0. The van der Waals surface area contributed by atoms with E-state index in [0.29, 0.717) is 32.5 Å². The molecule has 9 heteroatoms. The molecular weight excluding hydrogens is 372 g/mol. The van der Waals surface area contributed by atoms with Crippen LogP contribution in [0.25, 0.3) is 0 Å². The second-order valence-electron chi connectivity index (χ2n) is 6.67. The first-order valence-electron chi connectivity index (χ1n) is 8.63. The lowest BCUT2D eigenvalue weighted by Crippen LogP contribution is -2.57. The summed E-state index contributed by atoms with van der Waals surface area (Å²) in [5.74, 6) is 2.20. The maximum Gasteiger partial charge on any atom is 0.320 e. The van der Waals surface area contributed by atoms with Crippen LogP contribution in [0.5, 0.6) is 0 Å². The van der Waals surface area contributed by atoms with E-state index in [-0.39, 0.29) is 35.5 Å². The molecule has 0 unspecified atom stereocenters. The molecule has 0 bridgehead atoms. The normalized spacial score (nSPS) is 27.9. The van der Waals surface area contributed by atoms with Crippen molar-refractivity contribution in [1.29, 1.82) is 0 Å². The van der Waals surface area contributed by atoms with E-state index in [2.05, 4.69) is 10.3 Å². The van der Waals surface area contributed by atoms with Crippen molar-refractivity contribution < 1.29 is 27.7 Å². The molecule has 0 atom stereocenters. The Morgan fingerprint density at radius 2 is 2.15 bits per heavy atom. The first-order chi connectivity index (χ1) is 12.9. The Hall–Kier alpha value is -2.15. The fourth-order valence-corrected chi connectivity index (χ4v) is 5.47. The molecule has 8 nitrogen and oxygen atoms in total. The lowest BCUT2D eigenvalue weighted by molar-refractivity contribution is -0.155. The van der Waals surface area contributed by atoms with E-state index in [1.807, 2.05) is 0 Å². The van der Waals surface area contributed by atoms with Gasteiger partial charge in [0.05, 0.1) is 21.9 Å². The van der Waals surface area contributed by atoms with Crippen molar-refractivity contribution in [3.05, 3.63) is 23.7 Å². The molecule has 1 aromatic heterocycles. The molecule has 1 aromatic rings. The highest BCUT2D eigenvalue weighted by molar-refractivity contribution is 7.93. The largest absolute Gasteiger partial charge is 0.442 e. The predicted octanol–water partition coefficient (Wildman–Crippen LogP) is 0.907. The van der Waals surface area contributed by atoms with E-state index in [9.17, 15) is 13.8 Å². The third-order valence-corrected chi connectivity index (χ3v) is 7.01. The van der Waals surface area contributed by atoms with Crippen LogP contribution in [-0.2, 0) is 24.0 Å². The van der Waals surface area contributed by atoms with Gasteiger partial charge in [0.15, 0.2) is 11.5 Å². The molecule has 0 saturated carbocycles. The molecule has 3 rings (SSSR count). The van der Waals surface area contributed by atoms with Crippen LogP contribution >= 0.6 is 0 Å². The molecule has 0 radical (unpaired) electrons. The van der Waals surface area contributed by atoms with Crippen LogP contribution in [0.1, 0.15) is 29.2 Å². The number of hydrogen-bond acceptors (Lipinski definition) is 6. The Morgan fingerprint density at radius 3 is 2.78 bits per heavy atom. The highest BCUT2D eigenvalue weighted by Gasteiger charge is 2.42. The Morgan fingerprint density at radius 1 is 1.41 bits per heavy atom. The molecule has 2 fully saturated rings. The molecule has 1 spiro atoms. The summed E-state index contributed by atoms with van der Waals surface area (Å²) in [7, 11) is -1.22. The Balaban J connectivity index is 1.68. The number of furan rings is 1. The smallest absolute Gasteiger partial charge is 0.320 e. The van der Waals surface area contributed by atoms with Gasteiger partial charge in [0.25, 0.3) is 0 Å². The van der Waals surface area contributed by atoms with Gasteiger partial charge in [0.1, 0.15) is 6.61 Å². The van der Waals surface area contributed by atoms with Crippen molar-refractivity contribution in [3.8, 4) is 12.3 Å². The number of carbonyl (C=O) groups excluding carboxylic acids is 2. The van der Waals surface area contributed by atoms with Crippen molar-refractivity contribution >= 4 is 21.5 Å². The van der Waals surface area contributed by atoms with E-state index < -0.39 is 21.2 Å². The number of amides is 2.